The lowest BCUT2D eigenvalue weighted by Crippen LogP contribution is -2.22. The minimum absolute atomic E-state index is 0.0314. The number of rotatable bonds is 0. The van der Waals surface area contributed by atoms with E-state index in [1.165, 1.54) is 22.3 Å². The van der Waals surface area contributed by atoms with Crippen LogP contribution < -0.4 is 18.9 Å². The summed E-state index contributed by atoms with van der Waals surface area (Å²) < 4.78 is 25.2. The standard InChI is InChI=1S/C33H39NO4/c1-32(2,3)26-16-30-31(17-27(26)33(4,5)6)38-21-25-14-13-24(34-25)20-37-29-10-8-7-9-28(29)35-18-22-11-12-23(15-22)19-36-30/h7-14,16-17,34H,15,18-21H2,1-6H3. The molecule has 38 heavy (non-hydrogen) atoms. The van der Waals surface area contributed by atoms with Crippen LogP contribution in [0.15, 0.2) is 71.8 Å². The molecule has 0 spiro atoms. The van der Waals surface area contributed by atoms with Crippen molar-refractivity contribution in [2.24, 2.45) is 0 Å². The van der Waals surface area contributed by atoms with Crippen LogP contribution in [0.1, 0.15) is 70.5 Å². The number of para-hydroxylation sites is 2. The second kappa shape index (κ2) is 10.3. The van der Waals surface area contributed by atoms with Crippen molar-refractivity contribution in [3.63, 3.8) is 0 Å². The monoisotopic (exact) mass is 513 g/mol. The lowest BCUT2D eigenvalue weighted by molar-refractivity contribution is 0.261. The first-order chi connectivity index (χ1) is 18.1. The number of allylic oxidation sites excluding steroid dienone is 2. The molecule has 3 aromatic rings. The fraction of sp³-hybridized carbons (Fsp3) is 0.394. The predicted octanol–water partition coefficient (Wildman–Crippen LogP) is 7.80. The van der Waals surface area contributed by atoms with Crippen LogP contribution in [-0.2, 0) is 24.0 Å². The van der Waals surface area contributed by atoms with Crippen molar-refractivity contribution in [1.82, 2.24) is 4.98 Å². The SMILES string of the molecule is CC(C)(C)c1cc2c(cc1C(C)(C)C)OCc1ccc([nH]1)COc1ccccc1OCC1=CC=C(CO2)C1. The molecule has 5 heteroatoms. The Morgan fingerprint density at radius 2 is 0.974 bits per heavy atom. The predicted molar refractivity (Wildman–Crippen MR) is 152 cm³/mol. The Hall–Kier alpha value is -3.60. The summed E-state index contributed by atoms with van der Waals surface area (Å²) in [6.45, 7) is 15.3. The Labute approximate surface area is 226 Å². The van der Waals surface area contributed by atoms with Gasteiger partial charge in [-0.2, -0.15) is 0 Å². The van der Waals surface area contributed by atoms with E-state index < -0.39 is 0 Å². The molecule has 1 aromatic heterocycles. The lowest BCUT2D eigenvalue weighted by atomic mass is 9.75. The van der Waals surface area contributed by atoms with Crippen LogP contribution in [-0.4, -0.2) is 18.2 Å². The third kappa shape index (κ3) is 5.93. The second-order valence-electron chi connectivity index (χ2n) is 12.3. The zero-order chi connectivity index (χ0) is 26.9. The number of aromatic nitrogens is 1. The van der Waals surface area contributed by atoms with E-state index in [1.54, 1.807) is 0 Å². The summed E-state index contributed by atoms with van der Waals surface area (Å²) >= 11 is 0. The Balaban J connectivity index is 1.48. The molecule has 0 saturated heterocycles. The molecular formula is C33H39NO4. The third-order valence-electron chi connectivity index (χ3n) is 6.96. The molecule has 0 saturated carbocycles. The number of hydrogen-bond acceptors (Lipinski definition) is 4. The van der Waals surface area contributed by atoms with Crippen molar-refractivity contribution in [2.45, 2.75) is 72.0 Å². The maximum atomic E-state index is 6.46. The fourth-order valence-corrected chi connectivity index (χ4v) is 4.87. The lowest BCUT2D eigenvalue weighted by Gasteiger charge is -2.31. The van der Waals surface area contributed by atoms with Gasteiger partial charge in [-0.3, -0.25) is 0 Å². The smallest absolute Gasteiger partial charge is 0.162 e. The van der Waals surface area contributed by atoms with Gasteiger partial charge in [-0.05, 0) is 75.9 Å². The molecule has 0 unspecified atom stereocenters. The number of hydrogen-bond donors (Lipinski definition) is 1. The van der Waals surface area contributed by atoms with Gasteiger partial charge in [-0.1, -0.05) is 65.8 Å². The molecule has 5 rings (SSSR count). The largest absolute Gasteiger partial charge is 0.485 e. The van der Waals surface area contributed by atoms with Crippen molar-refractivity contribution >= 4 is 0 Å². The first-order valence-electron chi connectivity index (χ1n) is 13.4. The maximum Gasteiger partial charge on any atom is 0.162 e. The topological polar surface area (TPSA) is 52.7 Å². The summed E-state index contributed by atoms with van der Waals surface area (Å²) in [5.41, 5.74) is 6.86. The fourth-order valence-electron chi connectivity index (χ4n) is 4.87. The summed E-state index contributed by atoms with van der Waals surface area (Å²) in [5.74, 6) is 3.02. The van der Waals surface area contributed by atoms with Gasteiger partial charge < -0.3 is 23.9 Å². The molecular weight excluding hydrogens is 474 g/mol. The van der Waals surface area contributed by atoms with Crippen molar-refractivity contribution in [2.75, 3.05) is 13.2 Å². The van der Waals surface area contributed by atoms with Gasteiger partial charge in [0.1, 0.15) is 26.4 Å². The molecule has 200 valence electrons. The zero-order valence-corrected chi connectivity index (χ0v) is 23.4. The summed E-state index contributed by atoms with van der Waals surface area (Å²) in [7, 11) is 0. The van der Waals surface area contributed by atoms with Gasteiger partial charge in [-0.15, -0.1) is 0 Å². The molecule has 2 aromatic carbocycles. The molecule has 1 aliphatic carbocycles. The van der Waals surface area contributed by atoms with Gasteiger partial charge >= 0.3 is 0 Å². The van der Waals surface area contributed by atoms with E-state index in [2.05, 4.69) is 70.8 Å². The Morgan fingerprint density at radius 1 is 0.553 bits per heavy atom. The second-order valence-corrected chi connectivity index (χ2v) is 12.3. The summed E-state index contributed by atoms with van der Waals surface area (Å²) in [5, 5.41) is 0. The van der Waals surface area contributed by atoms with Crippen LogP contribution in [0.3, 0.4) is 0 Å². The minimum atomic E-state index is -0.0347. The van der Waals surface area contributed by atoms with E-state index in [4.69, 9.17) is 18.9 Å². The van der Waals surface area contributed by atoms with Crippen molar-refractivity contribution in [3.8, 4) is 23.0 Å². The number of nitrogens with one attached hydrogen (secondary N) is 1. The quantitative estimate of drug-likeness (QED) is 0.333. The van der Waals surface area contributed by atoms with E-state index in [-0.39, 0.29) is 10.8 Å². The molecule has 4 bridgehead atoms. The number of fused-ring (bicyclic) bond motifs is 6. The molecule has 0 amide bonds. The summed E-state index contributed by atoms with van der Waals surface area (Å²) in [4.78, 5) is 3.43. The Bertz CT molecular complexity index is 1360. The van der Waals surface area contributed by atoms with Gasteiger partial charge in [0.05, 0.1) is 11.4 Å². The highest BCUT2D eigenvalue weighted by Gasteiger charge is 2.28. The van der Waals surface area contributed by atoms with E-state index >= 15 is 0 Å². The molecule has 0 atom stereocenters. The highest BCUT2D eigenvalue weighted by molar-refractivity contribution is 5.52. The van der Waals surface area contributed by atoms with Crippen LogP contribution in [0.5, 0.6) is 23.0 Å². The van der Waals surface area contributed by atoms with E-state index in [0.717, 1.165) is 40.8 Å². The molecule has 2 aliphatic rings. The van der Waals surface area contributed by atoms with E-state index in [9.17, 15) is 0 Å². The minimum Gasteiger partial charge on any atom is -0.485 e. The Kier molecular flexibility index (Phi) is 7.04. The number of ether oxygens (including phenoxy) is 4. The van der Waals surface area contributed by atoms with Gasteiger partial charge in [0.25, 0.3) is 0 Å². The van der Waals surface area contributed by atoms with Crippen LogP contribution in [0.25, 0.3) is 0 Å². The first kappa shape index (κ1) is 26.0. The third-order valence-corrected chi connectivity index (χ3v) is 6.96. The number of aromatic amines is 1. The molecule has 2 heterocycles. The molecule has 1 aliphatic heterocycles. The van der Waals surface area contributed by atoms with Crippen LogP contribution in [0.4, 0.5) is 0 Å². The molecule has 0 fully saturated rings. The van der Waals surface area contributed by atoms with Gasteiger partial charge in [0, 0.05) is 0 Å². The number of H-pyrrole nitrogens is 1. The average molecular weight is 514 g/mol. The van der Waals surface area contributed by atoms with Gasteiger partial charge in [0.2, 0.25) is 0 Å². The van der Waals surface area contributed by atoms with Crippen LogP contribution in [0, 0.1) is 0 Å². The van der Waals surface area contributed by atoms with Crippen LogP contribution in [0.2, 0.25) is 0 Å². The summed E-state index contributed by atoms with van der Waals surface area (Å²) in [6, 6.07) is 16.3. The maximum absolute atomic E-state index is 6.46. The van der Waals surface area contributed by atoms with E-state index in [0.29, 0.717) is 26.4 Å². The normalized spacial score (nSPS) is 16.3. The van der Waals surface area contributed by atoms with Crippen LogP contribution >= 0.6 is 0 Å². The van der Waals surface area contributed by atoms with Crippen molar-refractivity contribution in [1.29, 1.82) is 0 Å². The molecule has 1 N–H and O–H groups in total. The first-order valence-corrected chi connectivity index (χ1v) is 13.4. The average Bonchev–Trinajstić information content (AvgIpc) is 3.51. The van der Waals surface area contributed by atoms with E-state index in [1.807, 2.05) is 36.4 Å². The molecule has 0 radical (unpaired) electrons. The van der Waals surface area contributed by atoms with Gasteiger partial charge in [-0.25, -0.2) is 0 Å². The van der Waals surface area contributed by atoms with Crippen molar-refractivity contribution < 1.29 is 18.9 Å². The highest BCUT2D eigenvalue weighted by Crippen LogP contribution is 2.42. The highest BCUT2D eigenvalue weighted by atomic mass is 16.5. The van der Waals surface area contributed by atoms with Gasteiger partial charge in [0.15, 0.2) is 23.0 Å². The molecule has 5 nitrogen and oxygen atoms in total. The summed E-state index contributed by atoms with van der Waals surface area (Å²) in [6.07, 6.45) is 5.11. The van der Waals surface area contributed by atoms with Crippen molar-refractivity contribution in [3.05, 3.63) is 94.3 Å². The Morgan fingerprint density at radius 3 is 1.45 bits per heavy atom. The zero-order valence-electron chi connectivity index (χ0n) is 23.4. The number of benzene rings is 2.